The molecule has 1 amide bonds. The van der Waals surface area contributed by atoms with Gasteiger partial charge in [0.05, 0.1) is 6.54 Å². The van der Waals surface area contributed by atoms with Gasteiger partial charge in [0, 0.05) is 19.1 Å². The Morgan fingerprint density at radius 2 is 2.25 bits per heavy atom. The van der Waals surface area contributed by atoms with Crippen molar-refractivity contribution in [3.05, 3.63) is 0 Å². The van der Waals surface area contributed by atoms with Gasteiger partial charge in [-0.1, -0.05) is 6.92 Å². The van der Waals surface area contributed by atoms with Crippen LogP contribution in [0.25, 0.3) is 0 Å². The summed E-state index contributed by atoms with van der Waals surface area (Å²) in [6.07, 6.45) is 1.01. The molecule has 1 fully saturated rings. The summed E-state index contributed by atoms with van der Waals surface area (Å²) in [6, 6.07) is 0.353. The van der Waals surface area contributed by atoms with Crippen LogP contribution in [0, 0.1) is 0 Å². The molecule has 0 radical (unpaired) electrons. The molecule has 1 atom stereocenters. The average molecular weight is 171 g/mol. The Kier molecular flexibility index (Phi) is 3.05. The van der Waals surface area contributed by atoms with Crippen LogP contribution >= 0.6 is 0 Å². The number of hydrogen-bond acceptors (Lipinski definition) is 3. The van der Waals surface area contributed by atoms with E-state index in [2.05, 4.69) is 13.8 Å². The van der Waals surface area contributed by atoms with E-state index in [1.54, 1.807) is 5.01 Å². The Morgan fingerprint density at radius 1 is 1.58 bits per heavy atom. The minimum absolute atomic E-state index is 0.151. The van der Waals surface area contributed by atoms with Crippen LogP contribution in [0.3, 0.4) is 0 Å². The summed E-state index contributed by atoms with van der Waals surface area (Å²) < 4.78 is 0. The molecule has 1 saturated heterocycles. The van der Waals surface area contributed by atoms with Crippen LogP contribution in [0.1, 0.15) is 20.3 Å². The molecule has 4 nitrogen and oxygen atoms in total. The van der Waals surface area contributed by atoms with Gasteiger partial charge < -0.3 is 4.90 Å². The third kappa shape index (κ3) is 1.95. The van der Waals surface area contributed by atoms with E-state index in [4.69, 9.17) is 5.84 Å². The normalized spacial score (nSPS) is 22.9. The molecule has 1 aliphatic rings. The third-order valence-corrected chi connectivity index (χ3v) is 2.41. The quantitative estimate of drug-likeness (QED) is 0.585. The molecule has 0 aromatic rings. The molecular formula is C8H17N3O. The Hall–Kier alpha value is -0.610. The first kappa shape index (κ1) is 9.48. The zero-order valence-corrected chi connectivity index (χ0v) is 7.79. The molecule has 0 saturated carbocycles. The van der Waals surface area contributed by atoms with Crippen LogP contribution in [0.5, 0.6) is 0 Å². The highest BCUT2D eigenvalue weighted by Gasteiger charge is 2.24. The van der Waals surface area contributed by atoms with Gasteiger partial charge >= 0.3 is 0 Å². The van der Waals surface area contributed by atoms with Crippen LogP contribution in [0.15, 0.2) is 0 Å². The lowest BCUT2D eigenvalue weighted by Crippen LogP contribution is -2.55. The average Bonchev–Trinajstić information content (AvgIpc) is 2.03. The molecule has 1 aliphatic heterocycles. The molecule has 2 N–H and O–H groups in total. The maximum atomic E-state index is 11.4. The van der Waals surface area contributed by atoms with Crippen molar-refractivity contribution in [2.24, 2.45) is 5.84 Å². The number of hydrogen-bond donors (Lipinski definition) is 1. The van der Waals surface area contributed by atoms with E-state index in [0.717, 1.165) is 19.5 Å². The third-order valence-electron chi connectivity index (χ3n) is 2.41. The Morgan fingerprint density at radius 3 is 2.75 bits per heavy atom. The van der Waals surface area contributed by atoms with E-state index < -0.39 is 0 Å². The van der Waals surface area contributed by atoms with Crippen molar-refractivity contribution < 1.29 is 4.79 Å². The van der Waals surface area contributed by atoms with Crippen molar-refractivity contribution in [3.8, 4) is 0 Å². The van der Waals surface area contributed by atoms with Gasteiger partial charge in [-0.25, -0.2) is 5.01 Å². The first-order valence-electron chi connectivity index (χ1n) is 4.44. The lowest BCUT2D eigenvalue weighted by Gasteiger charge is -2.35. The molecule has 0 aromatic carbocycles. The van der Waals surface area contributed by atoms with Gasteiger partial charge in [0.2, 0.25) is 5.91 Å². The molecule has 0 bridgehead atoms. The molecule has 0 spiro atoms. The molecule has 0 aliphatic carbocycles. The summed E-state index contributed by atoms with van der Waals surface area (Å²) in [4.78, 5) is 13.3. The fourth-order valence-corrected chi connectivity index (χ4v) is 1.39. The Labute approximate surface area is 73.3 Å². The number of carbonyl (C=O) groups excluding carboxylic acids is 1. The zero-order chi connectivity index (χ0) is 9.14. The molecule has 70 valence electrons. The van der Waals surface area contributed by atoms with Crippen LogP contribution in [-0.4, -0.2) is 41.5 Å². The van der Waals surface area contributed by atoms with Crippen molar-refractivity contribution >= 4 is 5.91 Å². The number of nitrogens with zero attached hydrogens (tertiary/aromatic N) is 2. The molecule has 0 aromatic heterocycles. The second-order valence-corrected chi connectivity index (χ2v) is 3.31. The van der Waals surface area contributed by atoms with Gasteiger partial charge in [-0.3, -0.25) is 10.6 Å². The monoisotopic (exact) mass is 171 g/mol. The Bertz CT molecular complexity index is 172. The lowest BCUT2D eigenvalue weighted by molar-refractivity contribution is -0.138. The van der Waals surface area contributed by atoms with E-state index in [9.17, 15) is 4.79 Å². The minimum atomic E-state index is 0.151. The largest absolute Gasteiger partial charge is 0.338 e. The van der Waals surface area contributed by atoms with Crippen molar-refractivity contribution in [2.45, 2.75) is 26.3 Å². The fourth-order valence-electron chi connectivity index (χ4n) is 1.39. The number of hydrazine groups is 1. The summed E-state index contributed by atoms with van der Waals surface area (Å²) in [6.45, 7) is 6.08. The van der Waals surface area contributed by atoms with Crippen LogP contribution in [-0.2, 0) is 4.79 Å². The minimum Gasteiger partial charge on any atom is -0.338 e. The predicted octanol–water partition coefficient (Wildman–Crippen LogP) is -0.197. The van der Waals surface area contributed by atoms with E-state index in [-0.39, 0.29) is 5.91 Å². The first-order chi connectivity index (χ1) is 5.65. The van der Waals surface area contributed by atoms with Crippen LogP contribution < -0.4 is 5.84 Å². The second kappa shape index (κ2) is 3.87. The van der Waals surface area contributed by atoms with Crippen molar-refractivity contribution in [3.63, 3.8) is 0 Å². The van der Waals surface area contributed by atoms with E-state index in [0.29, 0.717) is 12.6 Å². The van der Waals surface area contributed by atoms with Gasteiger partial charge in [0.25, 0.3) is 0 Å². The van der Waals surface area contributed by atoms with Gasteiger partial charge in [-0.05, 0) is 13.3 Å². The van der Waals surface area contributed by atoms with Crippen LogP contribution in [0.4, 0.5) is 0 Å². The van der Waals surface area contributed by atoms with Gasteiger partial charge in [-0.15, -0.1) is 0 Å². The van der Waals surface area contributed by atoms with Crippen LogP contribution in [0.2, 0.25) is 0 Å². The van der Waals surface area contributed by atoms with E-state index in [1.165, 1.54) is 0 Å². The number of carbonyl (C=O) groups is 1. The molecule has 1 rings (SSSR count). The van der Waals surface area contributed by atoms with Gasteiger partial charge in [-0.2, -0.15) is 0 Å². The first-order valence-corrected chi connectivity index (χ1v) is 4.44. The number of nitrogens with two attached hydrogens (primary N) is 1. The summed E-state index contributed by atoms with van der Waals surface area (Å²) in [7, 11) is 0. The predicted molar refractivity (Wildman–Crippen MR) is 47.2 cm³/mol. The maximum Gasteiger partial charge on any atom is 0.238 e. The lowest BCUT2D eigenvalue weighted by atomic mass is 10.2. The van der Waals surface area contributed by atoms with Gasteiger partial charge in [0.15, 0.2) is 0 Å². The zero-order valence-electron chi connectivity index (χ0n) is 7.79. The van der Waals surface area contributed by atoms with Crippen molar-refractivity contribution in [1.82, 2.24) is 9.91 Å². The fraction of sp³-hybridized carbons (Fsp3) is 0.875. The standard InChI is InChI=1S/C8H17N3O/c1-3-7(2)11-5-4-10(9)6-8(11)12/h7H,3-6,9H2,1-2H3. The molecule has 1 unspecified atom stereocenters. The second-order valence-electron chi connectivity index (χ2n) is 3.31. The summed E-state index contributed by atoms with van der Waals surface area (Å²) in [5, 5.41) is 1.57. The maximum absolute atomic E-state index is 11.4. The number of rotatable bonds is 2. The number of piperazine rings is 1. The van der Waals surface area contributed by atoms with Gasteiger partial charge in [0.1, 0.15) is 0 Å². The molecule has 12 heavy (non-hydrogen) atoms. The summed E-state index contributed by atoms with van der Waals surface area (Å²) >= 11 is 0. The smallest absolute Gasteiger partial charge is 0.238 e. The molecular weight excluding hydrogens is 154 g/mol. The highest BCUT2D eigenvalue weighted by molar-refractivity contribution is 5.79. The number of amides is 1. The topological polar surface area (TPSA) is 49.6 Å². The molecule has 4 heteroatoms. The summed E-state index contributed by atoms with van der Waals surface area (Å²) in [5.74, 6) is 5.67. The highest BCUT2D eigenvalue weighted by Crippen LogP contribution is 2.07. The Balaban J connectivity index is 2.50. The SMILES string of the molecule is CCC(C)N1CCN(N)CC1=O. The summed E-state index contributed by atoms with van der Waals surface area (Å²) in [5.41, 5.74) is 0. The highest BCUT2D eigenvalue weighted by atomic mass is 16.2. The van der Waals surface area contributed by atoms with E-state index >= 15 is 0 Å². The molecule has 1 heterocycles. The van der Waals surface area contributed by atoms with Crippen molar-refractivity contribution in [1.29, 1.82) is 0 Å². The van der Waals surface area contributed by atoms with E-state index in [1.807, 2.05) is 4.90 Å². The van der Waals surface area contributed by atoms with Crippen molar-refractivity contribution in [2.75, 3.05) is 19.6 Å².